The summed E-state index contributed by atoms with van der Waals surface area (Å²) in [5.41, 5.74) is -0.535. The van der Waals surface area contributed by atoms with E-state index in [2.05, 4.69) is 0 Å². The molecule has 1 aliphatic carbocycles. The average Bonchev–Trinajstić information content (AvgIpc) is 3.60. The summed E-state index contributed by atoms with van der Waals surface area (Å²) >= 11 is 0. The van der Waals surface area contributed by atoms with Gasteiger partial charge in [-0.2, -0.15) is 0 Å². The molecule has 3 aromatic carbocycles. The van der Waals surface area contributed by atoms with Crippen molar-refractivity contribution in [3.05, 3.63) is 90.0 Å². The van der Waals surface area contributed by atoms with Gasteiger partial charge in [0.05, 0.1) is 17.5 Å². The molecular formula is C29H22N2O5. The smallest absolute Gasteiger partial charge is 0.240 e. The van der Waals surface area contributed by atoms with Crippen molar-refractivity contribution in [2.75, 3.05) is 11.4 Å². The van der Waals surface area contributed by atoms with Crippen LogP contribution in [0.3, 0.4) is 0 Å². The zero-order valence-electron chi connectivity index (χ0n) is 19.3. The van der Waals surface area contributed by atoms with E-state index < -0.39 is 23.3 Å². The van der Waals surface area contributed by atoms with Crippen LogP contribution < -0.4 is 9.64 Å². The highest BCUT2D eigenvalue weighted by Crippen LogP contribution is 2.57. The number of anilines is 1. The van der Waals surface area contributed by atoms with Crippen LogP contribution in [0, 0.1) is 11.8 Å². The first kappa shape index (κ1) is 21.2. The Morgan fingerprint density at radius 1 is 0.722 bits per heavy atom. The van der Waals surface area contributed by atoms with Crippen LogP contribution in [-0.4, -0.2) is 46.4 Å². The molecule has 3 saturated heterocycles. The number of benzene rings is 3. The second kappa shape index (κ2) is 7.45. The summed E-state index contributed by atoms with van der Waals surface area (Å²) in [4.78, 5) is 58.5. The summed E-state index contributed by atoms with van der Waals surface area (Å²) in [5, 5.41) is 0. The van der Waals surface area contributed by atoms with Crippen LogP contribution in [0.15, 0.2) is 78.9 Å². The number of ether oxygens (including phenoxy) is 1. The summed E-state index contributed by atoms with van der Waals surface area (Å²) in [5.74, 6) is -2.02. The zero-order chi connectivity index (χ0) is 24.6. The molecular weight excluding hydrogens is 456 g/mol. The lowest BCUT2D eigenvalue weighted by Crippen LogP contribution is -2.59. The quantitative estimate of drug-likeness (QED) is 0.420. The van der Waals surface area contributed by atoms with Gasteiger partial charge in [-0.15, -0.1) is 0 Å². The summed E-state index contributed by atoms with van der Waals surface area (Å²) in [6, 6.07) is 22.5. The molecule has 0 bridgehead atoms. The highest BCUT2D eigenvalue weighted by atomic mass is 16.5. The number of fused-ring (bicyclic) bond motifs is 6. The maximum absolute atomic E-state index is 14.0. The third-order valence-corrected chi connectivity index (χ3v) is 8.15. The van der Waals surface area contributed by atoms with Crippen molar-refractivity contribution in [2.24, 2.45) is 11.8 Å². The molecule has 7 nitrogen and oxygen atoms in total. The molecule has 0 N–H and O–H groups in total. The van der Waals surface area contributed by atoms with E-state index in [9.17, 15) is 19.2 Å². The Hall–Kier alpha value is -4.10. The average molecular weight is 479 g/mol. The van der Waals surface area contributed by atoms with Gasteiger partial charge in [-0.1, -0.05) is 42.5 Å². The first-order chi connectivity index (χ1) is 17.5. The van der Waals surface area contributed by atoms with E-state index in [1.54, 1.807) is 48.5 Å². The molecule has 2 amide bonds. The molecule has 3 atom stereocenters. The van der Waals surface area contributed by atoms with Gasteiger partial charge in [0, 0.05) is 17.2 Å². The van der Waals surface area contributed by atoms with E-state index in [1.807, 2.05) is 35.2 Å². The van der Waals surface area contributed by atoms with Gasteiger partial charge in [-0.25, -0.2) is 4.90 Å². The highest BCUT2D eigenvalue weighted by molar-refractivity contribution is 6.37. The summed E-state index contributed by atoms with van der Waals surface area (Å²) in [6.07, 6.45) is 1.45. The lowest BCUT2D eigenvalue weighted by Gasteiger charge is -2.35. The van der Waals surface area contributed by atoms with Crippen LogP contribution >= 0.6 is 0 Å². The minimum Gasteiger partial charge on any atom is -0.457 e. The summed E-state index contributed by atoms with van der Waals surface area (Å²) < 4.78 is 5.84. The molecule has 3 aliphatic heterocycles. The Morgan fingerprint density at radius 3 is 2.00 bits per heavy atom. The van der Waals surface area contributed by atoms with Crippen molar-refractivity contribution in [1.82, 2.24) is 4.90 Å². The Morgan fingerprint density at radius 2 is 1.33 bits per heavy atom. The standard InChI is InChI=1S/C29H22N2O5/c32-25-20-9-4-5-10-21(20)26(33)29(25)24-23(22-11-6-16-30(22)29)27(34)31(28(24)35)17-12-14-19(15-13-17)36-18-7-2-1-3-8-18/h1-5,7-10,12-15,22-24H,6,11,16H2. The fourth-order valence-corrected chi connectivity index (χ4v) is 6.78. The van der Waals surface area contributed by atoms with Crippen LogP contribution in [0.25, 0.3) is 0 Å². The first-order valence-corrected chi connectivity index (χ1v) is 12.2. The van der Waals surface area contributed by atoms with Crippen molar-refractivity contribution in [1.29, 1.82) is 0 Å². The second-order valence-electron chi connectivity index (χ2n) is 9.80. The molecule has 3 unspecified atom stereocenters. The number of hydrogen-bond donors (Lipinski definition) is 0. The Bertz CT molecular complexity index is 1410. The van der Waals surface area contributed by atoms with Gasteiger partial charge in [0.1, 0.15) is 11.5 Å². The molecule has 1 spiro atoms. The number of para-hydroxylation sites is 1. The van der Waals surface area contributed by atoms with Crippen molar-refractivity contribution in [2.45, 2.75) is 24.4 Å². The van der Waals surface area contributed by atoms with Crippen LogP contribution in [0.2, 0.25) is 0 Å². The number of Topliss-reactive ketones (excluding diaryl/α,β-unsaturated/α-hetero) is 2. The fourth-order valence-electron chi connectivity index (χ4n) is 6.78. The minimum absolute atomic E-state index is 0.306. The van der Waals surface area contributed by atoms with Crippen molar-refractivity contribution in [3.63, 3.8) is 0 Å². The van der Waals surface area contributed by atoms with Crippen molar-refractivity contribution < 1.29 is 23.9 Å². The number of rotatable bonds is 3. The van der Waals surface area contributed by atoms with Crippen molar-refractivity contribution >= 4 is 29.1 Å². The van der Waals surface area contributed by atoms with Gasteiger partial charge in [0.2, 0.25) is 11.8 Å². The van der Waals surface area contributed by atoms with Gasteiger partial charge in [-0.05, 0) is 55.8 Å². The number of carbonyl (C=O) groups excluding carboxylic acids is 4. The first-order valence-electron chi connectivity index (χ1n) is 12.2. The molecule has 7 rings (SSSR count). The maximum Gasteiger partial charge on any atom is 0.240 e. The van der Waals surface area contributed by atoms with Gasteiger partial charge < -0.3 is 4.74 Å². The van der Waals surface area contributed by atoms with Crippen LogP contribution in [-0.2, 0) is 9.59 Å². The van der Waals surface area contributed by atoms with Gasteiger partial charge in [0.15, 0.2) is 17.1 Å². The molecule has 3 aromatic rings. The third kappa shape index (κ3) is 2.55. The van der Waals surface area contributed by atoms with Crippen LogP contribution in [0.5, 0.6) is 11.5 Å². The Labute approximate surface area is 207 Å². The van der Waals surface area contributed by atoms with Gasteiger partial charge in [0.25, 0.3) is 0 Å². The second-order valence-corrected chi connectivity index (χ2v) is 9.80. The molecule has 4 aliphatic rings. The Kier molecular flexibility index (Phi) is 4.39. The van der Waals surface area contributed by atoms with E-state index >= 15 is 0 Å². The molecule has 0 aromatic heterocycles. The number of ketones is 2. The third-order valence-electron chi connectivity index (χ3n) is 8.15. The maximum atomic E-state index is 14.0. The predicted octanol–water partition coefficient (Wildman–Crippen LogP) is 3.88. The monoisotopic (exact) mass is 478 g/mol. The fraction of sp³-hybridized carbons (Fsp3) is 0.241. The number of amides is 2. The van der Waals surface area contributed by atoms with Gasteiger partial charge >= 0.3 is 0 Å². The Balaban J connectivity index is 1.27. The zero-order valence-corrected chi connectivity index (χ0v) is 19.3. The SMILES string of the molecule is O=C1C2C3CCCN3C3(C(=O)c4ccccc4C3=O)C2C(=O)N1c1ccc(Oc2ccccc2)cc1. The summed E-state index contributed by atoms with van der Waals surface area (Å²) in [6.45, 7) is 0.523. The highest BCUT2D eigenvalue weighted by Gasteiger charge is 2.76. The van der Waals surface area contributed by atoms with Crippen molar-refractivity contribution in [3.8, 4) is 11.5 Å². The molecule has 3 fully saturated rings. The number of imide groups is 1. The molecule has 7 heteroatoms. The van der Waals surface area contributed by atoms with Crippen LogP contribution in [0.4, 0.5) is 5.69 Å². The summed E-state index contributed by atoms with van der Waals surface area (Å²) in [7, 11) is 0. The molecule has 0 saturated carbocycles. The predicted molar refractivity (Wildman–Crippen MR) is 130 cm³/mol. The van der Waals surface area contributed by atoms with E-state index in [0.717, 1.165) is 6.42 Å². The lowest BCUT2D eigenvalue weighted by molar-refractivity contribution is -0.124. The number of nitrogens with zero attached hydrogens (tertiary/aromatic N) is 2. The van der Waals surface area contributed by atoms with Crippen LogP contribution in [0.1, 0.15) is 33.6 Å². The molecule has 178 valence electrons. The van der Waals surface area contributed by atoms with E-state index in [4.69, 9.17) is 4.74 Å². The molecule has 0 radical (unpaired) electrons. The van der Waals surface area contributed by atoms with E-state index in [-0.39, 0.29) is 23.5 Å². The van der Waals surface area contributed by atoms with E-state index in [1.165, 1.54) is 4.90 Å². The topological polar surface area (TPSA) is 84.0 Å². The van der Waals surface area contributed by atoms with E-state index in [0.29, 0.717) is 41.3 Å². The largest absolute Gasteiger partial charge is 0.457 e. The lowest BCUT2D eigenvalue weighted by atomic mass is 9.76. The molecule has 3 heterocycles. The normalized spacial score (nSPS) is 26.0. The number of hydrogen-bond acceptors (Lipinski definition) is 6. The minimum atomic E-state index is -1.63. The molecule has 36 heavy (non-hydrogen) atoms. The number of carbonyl (C=O) groups is 4. The van der Waals surface area contributed by atoms with Gasteiger partial charge in [-0.3, -0.25) is 24.1 Å².